The first-order valence-corrected chi connectivity index (χ1v) is 13.0. The molecule has 1 rings (SSSR count). The highest BCUT2D eigenvalue weighted by molar-refractivity contribution is 5.81. The maximum atomic E-state index is 12.6. The highest BCUT2D eigenvalue weighted by Crippen LogP contribution is 2.03. The summed E-state index contributed by atoms with van der Waals surface area (Å²) in [5.74, 6) is -3.11. The number of ketones is 1. The molecule has 1 heterocycles. The maximum Gasteiger partial charge on any atom is 0.317 e. The first-order chi connectivity index (χ1) is 18.0. The highest BCUT2D eigenvalue weighted by Gasteiger charge is 2.21. The normalized spacial score (nSPS) is 18.2. The molecular weight excluding hydrogens is 500 g/mol. The fourth-order valence-corrected chi connectivity index (χ4v) is 4.30. The van der Waals surface area contributed by atoms with E-state index >= 15 is 0 Å². The van der Waals surface area contributed by atoms with Gasteiger partial charge in [0.15, 0.2) is 0 Å². The summed E-state index contributed by atoms with van der Waals surface area (Å²) in [5.41, 5.74) is 0. The van der Waals surface area contributed by atoms with Gasteiger partial charge in [0.1, 0.15) is 5.78 Å². The minimum absolute atomic E-state index is 0.0790. The Balaban J connectivity index is 2.76. The second-order valence-electron chi connectivity index (χ2n) is 9.58. The molecule has 14 nitrogen and oxygen atoms in total. The Labute approximate surface area is 223 Å². The predicted octanol–water partition coefficient (Wildman–Crippen LogP) is -2.07. The topological polar surface area (TPSA) is 183 Å². The molecule has 0 unspecified atom stereocenters. The van der Waals surface area contributed by atoms with Crippen LogP contribution in [0, 0.1) is 0 Å². The first kappa shape index (κ1) is 33.4. The number of rotatable bonds is 15. The molecule has 0 spiro atoms. The average molecular weight is 545 g/mol. The van der Waals surface area contributed by atoms with Crippen LogP contribution in [-0.2, 0) is 24.0 Å². The van der Waals surface area contributed by atoms with Crippen LogP contribution in [0.1, 0.15) is 26.2 Å². The summed E-state index contributed by atoms with van der Waals surface area (Å²) in [6.07, 6.45) is 2.20. The number of nitrogens with zero attached hydrogens (tertiary/aromatic N) is 4. The van der Waals surface area contributed by atoms with Crippen molar-refractivity contribution >= 4 is 29.6 Å². The summed E-state index contributed by atoms with van der Waals surface area (Å²) in [6.45, 7) is 4.24. The number of likely N-dealkylation sites (N-methyl/N-ethyl adjacent to an activating group) is 1. The molecule has 14 heteroatoms. The van der Waals surface area contributed by atoms with Gasteiger partial charge in [-0.1, -0.05) is 0 Å². The number of amides is 1. The highest BCUT2D eigenvalue weighted by atomic mass is 16.4. The van der Waals surface area contributed by atoms with Crippen molar-refractivity contribution in [1.29, 1.82) is 0 Å². The molecule has 5 N–H and O–H groups in total. The molecular formula is C24H44N6O8. The number of unbranched alkanes of at least 4 members (excludes halogenated alkanes) is 1. The Hall–Kier alpha value is -2.65. The number of carboxylic acid groups (broad SMARTS) is 3. The van der Waals surface area contributed by atoms with E-state index in [1.54, 1.807) is 28.7 Å². The molecule has 1 fully saturated rings. The average Bonchev–Trinajstić information content (AvgIpc) is 2.81. The van der Waals surface area contributed by atoms with E-state index in [1.807, 2.05) is 4.90 Å². The van der Waals surface area contributed by atoms with Gasteiger partial charge >= 0.3 is 17.9 Å². The van der Waals surface area contributed by atoms with E-state index in [4.69, 9.17) is 0 Å². The lowest BCUT2D eigenvalue weighted by atomic mass is 10.1. The van der Waals surface area contributed by atoms with E-state index in [1.165, 1.54) is 0 Å². The van der Waals surface area contributed by atoms with Crippen LogP contribution >= 0.6 is 0 Å². The third-order valence-corrected chi connectivity index (χ3v) is 6.45. The van der Waals surface area contributed by atoms with Crippen molar-refractivity contribution in [2.45, 2.75) is 32.2 Å². The summed E-state index contributed by atoms with van der Waals surface area (Å²) in [7, 11) is 1.74. The second-order valence-corrected chi connectivity index (χ2v) is 9.58. The van der Waals surface area contributed by atoms with E-state index in [0.717, 1.165) is 12.8 Å². The minimum atomic E-state index is -1.01. The van der Waals surface area contributed by atoms with Crippen molar-refractivity contribution in [1.82, 2.24) is 30.2 Å². The molecule has 1 amide bonds. The molecule has 0 bridgehead atoms. The second kappa shape index (κ2) is 18.6. The van der Waals surface area contributed by atoms with Gasteiger partial charge in [-0.05, 0) is 33.2 Å². The lowest BCUT2D eigenvalue weighted by molar-refractivity contribution is -0.140. The van der Waals surface area contributed by atoms with Gasteiger partial charge in [0.25, 0.3) is 0 Å². The number of nitrogens with one attached hydrogen (secondary N) is 2. The van der Waals surface area contributed by atoms with Crippen molar-refractivity contribution in [3.05, 3.63) is 0 Å². The molecule has 1 aliphatic rings. The molecule has 38 heavy (non-hydrogen) atoms. The zero-order valence-corrected chi connectivity index (χ0v) is 22.6. The standard InChI is InChI=1S/C24H44N6O8/c1-19(31)20(25-2)5-3-4-6-26-21(32)15-27-7-9-28(16-22(33)34)11-13-30(18-24(37)38)14-12-29(10-8-27)17-23(35)36/h20,25H,3-18H2,1-2H3,(H,26,32)(H,33,34)(H,35,36)(H,37,38)/t20-/m1/s1. The van der Waals surface area contributed by atoms with Crippen molar-refractivity contribution in [3.63, 3.8) is 0 Å². The largest absolute Gasteiger partial charge is 0.480 e. The van der Waals surface area contributed by atoms with Gasteiger partial charge in [0.2, 0.25) is 5.91 Å². The molecule has 0 aromatic rings. The van der Waals surface area contributed by atoms with Crippen molar-refractivity contribution in [3.8, 4) is 0 Å². The Kier molecular flexibility index (Phi) is 16.3. The predicted molar refractivity (Wildman–Crippen MR) is 139 cm³/mol. The molecule has 1 aliphatic heterocycles. The van der Waals surface area contributed by atoms with Gasteiger partial charge in [-0.25, -0.2) is 0 Å². The van der Waals surface area contributed by atoms with Crippen LogP contribution < -0.4 is 10.6 Å². The van der Waals surface area contributed by atoms with Crippen LogP contribution in [0.15, 0.2) is 0 Å². The Morgan fingerprint density at radius 3 is 1.34 bits per heavy atom. The first-order valence-electron chi connectivity index (χ1n) is 13.0. The fraction of sp³-hybridized carbons (Fsp3) is 0.792. The number of carboxylic acids is 3. The number of hydrogen-bond donors (Lipinski definition) is 5. The molecule has 0 saturated carbocycles. The number of Topliss-reactive ketones (excluding diaryl/α,β-unsaturated/α-hetero) is 1. The van der Waals surface area contributed by atoms with E-state index in [0.29, 0.717) is 65.3 Å². The summed E-state index contributed by atoms with van der Waals surface area (Å²) in [6, 6.07) is -0.188. The van der Waals surface area contributed by atoms with E-state index in [9.17, 15) is 39.3 Å². The van der Waals surface area contributed by atoms with Crippen LogP contribution in [0.4, 0.5) is 0 Å². The molecule has 0 aliphatic carbocycles. The zero-order chi connectivity index (χ0) is 28.5. The molecule has 1 atom stereocenters. The quantitative estimate of drug-likeness (QED) is 0.142. The summed E-state index contributed by atoms with van der Waals surface area (Å²) < 4.78 is 0. The van der Waals surface area contributed by atoms with Crippen LogP contribution in [0.5, 0.6) is 0 Å². The zero-order valence-electron chi connectivity index (χ0n) is 22.6. The Morgan fingerprint density at radius 1 is 0.658 bits per heavy atom. The SMILES string of the molecule is CN[C@H](CCCCNC(=O)CN1CCN(CC(=O)O)CCN(CC(=O)O)CCN(CC(=O)O)CC1)C(C)=O. The Morgan fingerprint density at radius 2 is 1.03 bits per heavy atom. The van der Waals surface area contributed by atoms with Gasteiger partial charge in [-0.3, -0.25) is 43.6 Å². The minimum Gasteiger partial charge on any atom is -0.480 e. The van der Waals surface area contributed by atoms with Crippen molar-refractivity contribution < 1.29 is 39.3 Å². The summed E-state index contributed by atoms with van der Waals surface area (Å²) in [4.78, 5) is 65.1. The van der Waals surface area contributed by atoms with E-state index in [2.05, 4.69) is 10.6 Å². The van der Waals surface area contributed by atoms with Crippen LogP contribution in [-0.4, -0.2) is 163 Å². The molecule has 218 valence electrons. The molecule has 1 saturated heterocycles. The monoisotopic (exact) mass is 544 g/mol. The van der Waals surface area contributed by atoms with Crippen molar-refractivity contribution in [2.24, 2.45) is 0 Å². The van der Waals surface area contributed by atoms with E-state index in [-0.39, 0.29) is 43.9 Å². The third kappa shape index (κ3) is 15.6. The fourth-order valence-electron chi connectivity index (χ4n) is 4.30. The number of carbonyl (C=O) groups is 5. The van der Waals surface area contributed by atoms with Crippen LogP contribution in [0.25, 0.3) is 0 Å². The van der Waals surface area contributed by atoms with Gasteiger partial charge in [-0.15, -0.1) is 0 Å². The number of hydrogen-bond acceptors (Lipinski definition) is 10. The third-order valence-electron chi connectivity index (χ3n) is 6.45. The summed E-state index contributed by atoms with van der Waals surface area (Å²) in [5, 5.41) is 33.7. The maximum absolute atomic E-state index is 12.6. The molecule has 0 aromatic carbocycles. The Bertz CT molecular complexity index is 751. The van der Waals surface area contributed by atoms with Gasteiger partial charge < -0.3 is 26.0 Å². The van der Waals surface area contributed by atoms with Gasteiger partial charge in [0, 0.05) is 58.9 Å². The smallest absolute Gasteiger partial charge is 0.317 e. The van der Waals surface area contributed by atoms with Crippen molar-refractivity contribution in [2.75, 3.05) is 92.1 Å². The lowest BCUT2D eigenvalue weighted by Gasteiger charge is -2.32. The van der Waals surface area contributed by atoms with Gasteiger partial charge in [0.05, 0.1) is 32.2 Å². The van der Waals surface area contributed by atoms with Gasteiger partial charge in [-0.2, -0.15) is 0 Å². The number of carbonyl (C=O) groups excluding carboxylic acids is 2. The molecule has 0 radical (unpaired) electrons. The lowest BCUT2D eigenvalue weighted by Crippen LogP contribution is -2.49. The van der Waals surface area contributed by atoms with Crippen LogP contribution in [0.3, 0.4) is 0 Å². The van der Waals surface area contributed by atoms with E-state index < -0.39 is 17.9 Å². The van der Waals surface area contributed by atoms with Crippen LogP contribution in [0.2, 0.25) is 0 Å². The number of aliphatic carboxylic acids is 3. The molecule has 0 aromatic heterocycles. The summed E-state index contributed by atoms with van der Waals surface area (Å²) >= 11 is 0.